The Bertz CT molecular complexity index is 790. The van der Waals surface area contributed by atoms with Gasteiger partial charge in [0.2, 0.25) is 0 Å². The molecular weight excluding hydrogens is 434 g/mol. The maximum Gasteiger partial charge on any atom is 0.407 e. The van der Waals surface area contributed by atoms with E-state index >= 15 is 0 Å². The van der Waals surface area contributed by atoms with E-state index in [-0.39, 0.29) is 17.6 Å². The van der Waals surface area contributed by atoms with E-state index in [0.717, 1.165) is 61.1 Å². The Balaban J connectivity index is 1.39. The quantitative estimate of drug-likeness (QED) is 0.207. The molecule has 0 saturated heterocycles. The van der Waals surface area contributed by atoms with Gasteiger partial charge in [-0.3, -0.25) is 0 Å². The molecule has 4 rings (SSSR count). The number of hydrogen-bond acceptors (Lipinski definition) is 3. The molecule has 1 N–H and O–H groups in total. The summed E-state index contributed by atoms with van der Waals surface area (Å²) in [4.78, 5) is 22.6. The number of allylic oxidation sites excluding steroid dienone is 1. The van der Waals surface area contributed by atoms with Crippen LogP contribution in [0, 0.1) is 46.3 Å². The average molecular weight is 486 g/mol. The van der Waals surface area contributed by atoms with Crippen molar-refractivity contribution < 1.29 is 14.3 Å². The van der Waals surface area contributed by atoms with Gasteiger partial charge in [0.25, 0.3) is 0 Å². The normalized spacial score (nSPS) is 39.1. The fraction of sp³-hybridized carbons (Fsp3) is 0.871. The smallest absolute Gasteiger partial charge is 0.407 e. The molecule has 0 spiro atoms. The van der Waals surface area contributed by atoms with Crippen LogP contribution in [0.5, 0.6) is 0 Å². The van der Waals surface area contributed by atoms with Gasteiger partial charge in [0.05, 0.1) is 0 Å². The van der Waals surface area contributed by atoms with Crippen molar-refractivity contribution in [3.8, 4) is 0 Å². The Kier molecular flexibility index (Phi) is 8.38. The van der Waals surface area contributed by atoms with Crippen molar-refractivity contribution in [3.63, 3.8) is 0 Å². The Morgan fingerprint density at radius 3 is 2.66 bits per heavy atom. The van der Waals surface area contributed by atoms with E-state index in [1.54, 1.807) is 5.57 Å². The van der Waals surface area contributed by atoms with Crippen molar-refractivity contribution in [1.82, 2.24) is 5.32 Å². The van der Waals surface area contributed by atoms with Gasteiger partial charge in [-0.25, -0.2) is 4.79 Å². The van der Waals surface area contributed by atoms with Crippen LogP contribution < -0.4 is 5.32 Å². The summed E-state index contributed by atoms with van der Waals surface area (Å²) in [6.45, 7) is 12.8. The van der Waals surface area contributed by atoms with E-state index in [2.05, 4.69) is 46.0 Å². The molecule has 4 aliphatic rings. The van der Waals surface area contributed by atoms with Crippen molar-refractivity contribution in [1.29, 1.82) is 0 Å². The molecule has 0 aliphatic heterocycles. The third-order valence-corrected chi connectivity index (χ3v) is 11.1. The molecule has 35 heavy (non-hydrogen) atoms. The number of nitrogens with one attached hydrogen (secondary N) is 1. The summed E-state index contributed by atoms with van der Waals surface area (Å²) < 4.78 is 5.73. The second-order valence-electron chi connectivity index (χ2n) is 13.4. The summed E-state index contributed by atoms with van der Waals surface area (Å²) in [7, 11) is 0. The van der Waals surface area contributed by atoms with Crippen LogP contribution in [0.4, 0.5) is 4.79 Å². The molecule has 0 bridgehead atoms. The molecule has 0 radical (unpaired) electrons. The van der Waals surface area contributed by atoms with Crippen LogP contribution in [-0.4, -0.2) is 25.0 Å². The molecule has 0 aromatic heterocycles. The maximum absolute atomic E-state index is 12.1. The highest BCUT2D eigenvalue weighted by Crippen LogP contribution is 2.67. The Hall–Kier alpha value is -1.32. The lowest BCUT2D eigenvalue weighted by molar-refractivity contribution is -0.107. The van der Waals surface area contributed by atoms with Gasteiger partial charge in [-0.15, -0.1) is 0 Å². The molecule has 0 unspecified atom stereocenters. The number of fused-ring (bicyclic) bond motifs is 5. The second kappa shape index (κ2) is 11.0. The molecule has 3 saturated carbocycles. The lowest BCUT2D eigenvalue weighted by Gasteiger charge is -2.58. The number of hydrogen-bond donors (Lipinski definition) is 1. The van der Waals surface area contributed by atoms with Crippen LogP contribution in [0.25, 0.3) is 0 Å². The first-order valence-electron chi connectivity index (χ1n) is 14.8. The average Bonchev–Trinajstić information content (AvgIpc) is 3.16. The Labute approximate surface area is 214 Å². The minimum absolute atomic E-state index is 0.0292. The molecule has 4 nitrogen and oxygen atoms in total. The van der Waals surface area contributed by atoms with Crippen LogP contribution in [-0.2, 0) is 9.53 Å². The van der Waals surface area contributed by atoms with E-state index in [1.165, 1.54) is 51.4 Å². The summed E-state index contributed by atoms with van der Waals surface area (Å²) in [5, 5.41) is 2.71. The highest BCUT2D eigenvalue weighted by molar-refractivity contribution is 5.68. The van der Waals surface area contributed by atoms with Crippen LogP contribution in [0.1, 0.15) is 112 Å². The van der Waals surface area contributed by atoms with Crippen LogP contribution in [0.3, 0.4) is 0 Å². The fourth-order valence-corrected chi connectivity index (χ4v) is 9.18. The largest absolute Gasteiger partial charge is 0.446 e. The standard InChI is InChI=1S/C31H51NO3/c1-21(2)8-6-9-22(3)26-12-13-27-25-11-10-23-20-24(35-29(34)32-18-7-19-33)14-16-30(23,4)28(25)15-17-31(26,27)5/h10,19,21-22,24-28H,6-9,11-18,20H2,1-5H3,(H,32,34)/t22-,24+,25+,26-,27+,28+,30+,31-/m1/s1. The van der Waals surface area contributed by atoms with Gasteiger partial charge in [0.1, 0.15) is 12.4 Å². The zero-order chi connectivity index (χ0) is 25.2. The molecule has 0 aromatic carbocycles. The molecule has 8 atom stereocenters. The predicted octanol–water partition coefficient (Wildman–Crippen LogP) is 7.71. The van der Waals surface area contributed by atoms with Crippen LogP contribution in [0.15, 0.2) is 11.6 Å². The van der Waals surface area contributed by atoms with E-state index in [4.69, 9.17) is 4.74 Å². The molecule has 4 heteroatoms. The lowest BCUT2D eigenvalue weighted by atomic mass is 9.47. The molecule has 4 aliphatic carbocycles. The third-order valence-electron chi connectivity index (χ3n) is 11.1. The molecule has 0 aromatic rings. The number of alkyl carbamates (subject to hydrolysis) is 1. The van der Waals surface area contributed by atoms with Crippen molar-refractivity contribution in [2.75, 3.05) is 6.54 Å². The summed E-state index contributed by atoms with van der Waals surface area (Å²) in [5.74, 6) is 5.09. The van der Waals surface area contributed by atoms with Gasteiger partial charge < -0.3 is 14.8 Å². The maximum atomic E-state index is 12.1. The van der Waals surface area contributed by atoms with Crippen molar-refractivity contribution >= 4 is 12.4 Å². The second-order valence-corrected chi connectivity index (χ2v) is 13.4. The van der Waals surface area contributed by atoms with Gasteiger partial charge in [0, 0.05) is 19.4 Å². The van der Waals surface area contributed by atoms with Crippen molar-refractivity contribution in [2.24, 2.45) is 46.3 Å². The third kappa shape index (κ3) is 5.37. The lowest BCUT2D eigenvalue weighted by Crippen LogP contribution is -2.51. The van der Waals surface area contributed by atoms with Gasteiger partial charge >= 0.3 is 6.09 Å². The first kappa shape index (κ1) is 26.7. The summed E-state index contributed by atoms with van der Waals surface area (Å²) >= 11 is 0. The van der Waals surface area contributed by atoms with Crippen LogP contribution in [0.2, 0.25) is 0 Å². The zero-order valence-corrected chi connectivity index (χ0v) is 23.1. The summed E-state index contributed by atoms with van der Waals surface area (Å²) in [5.41, 5.74) is 2.36. The number of carbonyl (C=O) groups excluding carboxylic acids is 2. The molecule has 1 amide bonds. The monoisotopic (exact) mass is 485 g/mol. The molecule has 0 heterocycles. The van der Waals surface area contributed by atoms with E-state index in [1.807, 2.05) is 0 Å². The fourth-order valence-electron chi connectivity index (χ4n) is 9.18. The Morgan fingerprint density at radius 2 is 1.91 bits per heavy atom. The summed E-state index contributed by atoms with van der Waals surface area (Å²) in [6, 6.07) is 0. The van der Waals surface area contributed by atoms with Crippen molar-refractivity contribution in [3.05, 3.63) is 11.6 Å². The SMILES string of the molecule is CC(C)CCC[C@@H](C)[C@H]1CC[C@H]2[C@@H]3CC=C4C[C@@H](OC(=O)NCCC=O)CC[C@]4(C)[C@H]3CC[C@]12C. The number of amides is 1. The van der Waals surface area contributed by atoms with Crippen LogP contribution >= 0.6 is 0 Å². The summed E-state index contributed by atoms with van der Waals surface area (Å²) in [6.07, 6.45) is 17.3. The molecule has 3 fully saturated rings. The van der Waals surface area contributed by atoms with Gasteiger partial charge in [-0.1, -0.05) is 65.5 Å². The number of aldehydes is 1. The van der Waals surface area contributed by atoms with Gasteiger partial charge in [0.15, 0.2) is 0 Å². The number of ether oxygens (including phenoxy) is 1. The molecular formula is C31H51NO3. The van der Waals surface area contributed by atoms with E-state index in [9.17, 15) is 9.59 Å². The van der Waals surface area contributed by atoms with E-state index in [0.29, 0.717) is 18.4 Å². The minimum Gasteiger partial charge on any atom is -0.446 e. The predicted molar refractivity (Wildman–Crippen MR) is 142 cm³/mol. The minimum atomic E-state index is -0.373. The topological polar surface area (TPSA) is 55.4 Å². The highest BCUT2D eigenvalue weighted by Gasteiger charge is 2.59. The highest BCUT2D eigenvalue weighted by atomic mass is 16.6. The number of rotatable bonds is 9. The van der Waals surface area contributed by atoms with Gasteiger partial charge in [-0.05, 0) is 91.3 Å². The molecule has 198 valence electrons. The van der Waals surface area contributed by atoms with E-state index < -0.39 is 0 Å². The Morgan fingerprint density at radius 1 is 1.11 bits per heavy atom. The number of carbonyl (C=O) groups is 2. The van der Waals surface area contributed by atoms with Gasteiger partial charge in [-0.2, -0.15) is 0 Å². The van der Waals surface area contributed by atoms with Crippen molar-refractivity contribution in [2.45, 2.75) is 118 Å². The first-order chi connectivity index (χ1) is 16.7. The zero-order valence-electron chi connectivity index (χ0n) is 23.1. The first-order valence-corrected chi connectivity index (χ1v) is 14.8.